The van der Waals surface area contributed by atoms with Crippen LogP contribution in [-0.2, 0) is 17.2 Å². The Morgan fingerprint density at radius 3 is 2.68 bits per heavy atom. The second-order valence-electron chi connectivity index (χ2n) is 6.36. The van der Waals surface area contributed by atoms with E-state index < -0.39 is 43.3 Å². The third-order valence-electron chi connectivity index (χ3n) is 4.36. The van der Waals surface area contributed by atoms with Crippen LogP contribution in [0.5, 0.6) is 0 Å². The molecule has 3 rings (SSSR count). The number of hydrogen-bond donors (Lipinski definition) is 1. The topological polar surface area (TPSA) is 86.1 Å². The fourth-order valence-electron chi connectivity index (χ4n) is 3.07. The minimum absolute atomic E-state index is 0.343. The first-order valence-corrected chi connectivity index (χ1v) is 15.0. The summed E-state index contributed by atoms with van der Waals surface area (Å²) in [6.07, 6.45) is 0.816. The van der Waals surface area contributed by atoms with Gasteiger partial charge in [0.2, 0.25) is 5.91 Å². The molecule has 1 aromatic heterocycles. The van der Waals surface area contributed by atoms with Crippen molar-refractivity contribution in [3.63, 3.8) is 0 Å². The minimum atomic E-state index is -3.08. The normalized spacial score (nSPS) is 16.2. The molecular weight excluding hydrogens is 556 g/mol. The van der Waals surface area contributed by atoms with E-state index in [0.29, 0.717) is 28.9 Å². The molecule has 1 saturated heterocycles. The Morgan fingerprint density at radius 2 is 2.06 bits per heavy atom. The quantitative estimate of drug-likeness (QED) is 0.559. The number of nitriles is 1. The summed E-state index contributed by atoms with van der Waals surface area (Å²) in [4.78, 5) is 29.7. The monoisotopic (exact) mass is 580 g/mol. The average molecular weight is 580 g/mol. The zero-order valence-electron chi connectivity index (χ0n) is 17.5. The number of rotatable bonds is 3. The van der Waals surface area contributed by atoms with Gasteiger partial charge in [0, 0.05) is 18.0 Å². The van der Waals surface area contributed by atoms with Crippen molar-refractivity contribution in [3.8, 4) is 6.07 Å². The number of alkyl halides is 2. The van der Waals surface area contributed by atoms with Gasteiger partial charge in [-0.3, -0.25) is 14.6 Å². The number of carbonyl (C=O) groups is 2. The Bertz CT molecular complexity index is 981. The number of halogens is 3. The molecule has 2 aromatic rings. The summed E-state index contributed by atoms with van der Waals surface area (Å²) < 4.78 is 26.9. The van der Waals surface area contributed by atoms with Gasteiger partial charge in [-0.15, -0.1) is 0 Å². The van der Waals surface area contributed by atoms with Gasteiger partial charge in [-0.1, -0.05) is 32.0 Å². The van der Waals surface area contributed by atoms with E-state index in [4.69, 9.17) is 5.26 Å². The summed E-state index contributed by atoms with van der Waals surface area (Å²) >= 11 is 2.68. The first kappa shape index (κ1) is 27.1. The molecule has 0 spiro atoms. The third-order valence-corrected chi connectivity index (χ3v) is 4.36. The molecule has 1 aromatic carbocycles. The van der Waals surface area contributed by atoms with Crippen molar-refractivity contribution in [2.75, 3.05) is 13.1 Å². The summed E-state index contributed by atoms with van der Waals surface area (Å²) in [5, 5.41) is 15.6. The molecule has 31 heavy (non-hydrogen) atoms. The van der Waals surface area contributed by atoms with Crippen molar-refractivity contribution in [1.29, 1.82) is 5.26 Å². The van der Waals surface area contributed by atoms with Crippen molar-refractivity contribution in [2.24, 2.45) is 0 Å². The van der Waals surface area contributed by atoms with E-state index in [2.05, 4.69) is 35.5 Å². The molecule has 6 nitrogen and oxygen atoms in total. The molecule has 2 amide bonds. The van der Waals surface area contributed by atoms with Gasteiger partial charge >= 0.3 is 37.6 Å². The first-order chi connectivity index (χ1) is 14.7. The zero-order chi connectivity index (χ0) is 23.6. The van der Waals surface area contributed by atoms with Crippen LogP contribution in [0, 0.1) is 18.3 Å². The van der Waals surface area contributed by atoms with Crippen LogP contribution in [0.1, 0.15) is 36.2 Å². The number of amides is 2. The molecule has 1 aliphatic heterocycles. The van der Waals surface area contributed by atoms with Crippen LogP contribution < -0.4 is 5.32 Å². The van der Waals surface area contributed by atoms with Gasteiger partial charge in [0.15, 0.2) is 0 Å². The molecule has 10 heteroatoms. The van der Waals surface area contributed by atoms with Crippen LogP contribution in [0.3, 0.4) is 0 Å². The van der Waals surface area contributed by atoms with Crippen LogP contribution in [0.15, 0.2) is 30.5 Å². The number of nitrogens with zero attached hydrogens (tertiary/aromatic N) is 3. The molecule has 1 unspecified atom stereocenters. The van der Waals surface area contributed by atoms with Crippen LogP contribution in [0.25, 0.3) is 10.9 Å². The standard InChI is InChI=1S/C18H16F2N4O2.C2H6.CH2.HI.V/c1-11-3-2-4-13-14(5-6-22-16(11)13)17(26)23-9-15(25)24-10-18(19,20)7-12(24)8-21;1-2;;;/h2-6,12H,7,9-10H2,1H3,(H,23,26);1-2H3;1H2;1H;/q;;;;+1/p-1. The van der Waals surface area contributed by atoms with Crippen LogP contribution in [0.2, 0.25) is 0 Å². The Morgan fingerprint density at radius 1 is 1.42 bits per heavy atom. The van der Waals surface area contributed by atoms with E-state index in [1.165, 1.54) is 12.3 Å². The summed E-state index contributed by atoms with van der Waals surface area (Å²) in [5.74, 6) is -4.30. The summed E-state index contributed by atoms with van der Waals surface area (Å²) in [6.45, 7) is 4.61. The van der Waals surface area contributed by atoms with Crippen molar-refractivity contribution in [1.82, 2.24) is 15.2 Å². The van der Waals surface area contributed by atoms with Gasteiger partial charge in [-0.25, -0.2) is 8.78 Å². The fourth-order valence-corrected chi connectivity index (χ4v) is 3.07. The molecule has 1 aliphatic rings. The van der Waals surface area contributed by atoms with E-state index >= 15 is 0 Å². The summed E-state index contributed by atoms with van der Waals surface area (Å²) in [5.41, 5.74) is 1.93. The van der Waals surface area contributed by atoms with Crippen LogP contribution in [0.4, 0.5) is 8.78 Å². The van der Waals surface area contributed by atoms with Crippen molar-refractivity contribution in [3.05, 3.63) is 41.6 Å². The zero-order valence-corrected chi connectivity index (χ0v) is 21.1. The molecule has 1 fully saturated rings. The number of pyridine rings is 1. The number of nitrogens with one attached hydrogen (secondary N) is 1. The molecule has 0 radical (unpaired) electrons. The molecule has 0 bridgehead atoms. The van der Waals surface area contributed by atoms with Gasteiger partial charge in [-0.05, 0) is 18.6 Å². The van der Waals surface area contributed by atoms with E-state index in [0.717, 1.165) is 10.5 Å². The van der Waals surface area contributed by atoms with Crippen molar-refractivity contribution >= 4 is 47.9 Å². The van der Waals surface area contributed by atoms with Crippen LogP contribution >= 0.6 is 20.0 Å². The Balaban J connectivity index is 0.000000884. The predicted molar refractivity (Wildman–Crippen MR) is 122 cm³/mol. The summed E-state index contributed by atoms with van der Waals surface area (Å²) in [6, 6.07) is 7.47. The van der Waals surface area contributed by atoms with E-state index in [1.807, 2.05) is 26.8 Å². The number of aromatic nitrogens is 1. The predicted octanol–water partition coefficient (Wildman–Crippen LogP) is 3.91. The average Bonchev–Trinajstić information content (AvgIpc) is 3.08. The number of fused-ring (bicyclic) bond motifs is 1. The Kier molecular flexibility index (Phi) is 11.2. The number of para-hydroxylation sites is 1. The molecule has 166 valence electrons. The van der Waals surface area contributed by atoms with Gasteiger partial charge < -0.3 is 10.2 Å². The SMILES string of the molecule is CC.Cc1cccc2c(C(=O)NCC(=O)N3CC(F)(F)CC3C#N)ccnc12.[CH2]=[V][I]. The van der Waals surface area contributed by atoms with Crippen molar-refractivity contribution < 1.29 is 30.8 Å². The Hall–Kier alpha value is -1.90. The van der Waals surface area contributed by atoms with E-state index in [-0.39, 0.29) is 0 Å². The molecule has 1 N–H and O–H groups in total. The summed E-state index contributed by atoms with van der Waals surface area (Å²) in [7, 11) is 0. The van der Waals surface area contributed by atoms with Gasteiger partial charge in [0.05, 0.1) is 30.2 Å². The molecule has 0 saturated carbocycles. The fraction of sp³-hybridized carbons (Fsp3) is 0.381. The second kappa shape index (κ2) is 12.8. The molecule has 0 aliphatic carbocycles. The van der Waals surface area contributed by atoms with Crippen molar-refractivity contribution in [2.45, 2.75) is 39.2 Å². The van der Waals surface area contributed by atoms with Crippen LogP contribution in [-0.4, -0.2) is 52.0 Å². The molecular formula is C21H24F2IN4O2V. The van der Waals surface area contributed by atoms with Gasteiger partial charge in [-0.2, -0.15) is 5.26 Å². The van der Waals surface area contributed by atoms with Gasteiger partial charge in [0.25, 0.3) is 11.8 Å². The second-order valence-corrected chi connectivity index (χ2v) is 9.54. The number of hydrogen-bond acceptors (Lipinski definition) is 4. The number of likely N-dealkylation sites (tertiary alicyclic amines) is 1. The molecule has 2 heterocycles. The first-order valence-electron chi connectivity index (χ1n) is 9.50. The number of carbonyl (C=O) groups excluding carboxylic acids is 2. The molecule has 1 atom stereocenters. The van der Waals surface area contributed by atoms with Gasteiger partial charge in [0.1, 0.15) is 6.04 Å². The third kappa shape index (κ3) is 7.33. The maximum absolute atomic E-state index is 13.4. The number of aryl methyl sites for hydroxylation is 1. The van der Waals surface area contributed by atoms with E-state index in [9.17, 15) is 18.4 Å². The maximum atomic E-state index is 13.4. The number of benzene rings is 1. The Labute approximate surface area is 198 Å². The van der Waals surface area contributed by atoms with E-state index in [1.54, 1.807) is 18.2 Å².